The summed E-state index contributed by atoms with van der Waals surface area (Å²) < 4.78 is 1.56. The minimum absolute atomic E-state index is 0.0961. The molecule has 0 aliphatic rings. The summed E-state index contributed by atoms with van der Waals surface area (Å²) in [6.07, 6.45) is 1.55. The topological polar surface area (TPSA) is 81.1 Å². The first-order valence-electron chi connectivity index (χ1n) is 5.60. The summed E-state index contributed by atoms with van der Waals surface area (Å²) in [6, 6.07) is 6.04. The van der Waals surface area contributed by atoms with Crippen molar-refractivity contribution in [1.29, 1.82) is 0 Å². The Hall–Kier alpha value is -2.30. The average molecular weight is 245 g/mol. The number of carboxylic acids is 1. The van der Waals surface area contributed by atoms with Crippen LogP contribution in [0.25, 0.3) is 0 Å². The van der Waals surface area contributed by atoms with Crippen molar-refractivity contribution in [3.05, 3.63) is 46.8 Å². The molecule has 0 radical (unpaired) electrons. The van der Waals surface area contributed by atoms with Crippen molar-refractivity contribution in [3.63, 3.8) is 0 Å². The molecule has 5 heteroatoms. The van der Waals surface area contributed by atoms with E-state index in [1.165, 1.54) is 0 Å². The molecule has 0 unspecified atom stereocenters. The van der Waals surface area contributed by atoms with Crippen molar-refractivity contribution < 1.29 is 9.90 Å². The van der Waals surface area contributed by atoms with Gasteiger partial charge in [0.15, 0.2) is 5.69 Å². The van der Waals surface area contributed by atoms with Gasteiger partial charge in [-0.1, -0.05) is 18.2 Å². The van der Waals surface area contributed by atoms with Crippen molar-refractivity contribution in [2.24, 2.45) is 0 Å². The second kappa shape index (κ2) is 4.52. The smallest absolute Gasteiger partial charge is 0.358 e. The molecule has 1 aromatic heterocycles. The number of benzene rings is 1. The Morgan fingerprint density at radius 3 is 2.50 bits per heavy atom. The molecule has 0 fully saturated rings. The SMILES string of the molecule is Cc1cccc(C)c1Cn1cc(N)c(C(=O)O)n1. The van der Waals surface area contributed by atoms with E-state index in [1.54, 1.807) is 10.9 Å². The summed E-state index contributed by atoms with van der Waals surface area (Å²) in [5.74, 6) is -1.10. The normalized spacial score (nSPS) is 10.6. The molecule has 0 aliphatic heterocycles. The number of aromatic nitrogens is 2. The second-order valence-electron chi connectivity index (χ2n) is 4.31. The van der Waals surface area contributed by atoms with Gasteiger partial charge in [0, 0.05) is 6.20 Å². The Balaban J connectivity index is 2.35. The lowest BCUT2D eigenvalue weighted by Gasteiger charge is -2.09. The summed E-state index contributed by atoms with van der Waals surface area (Å²) in [4.78, 5) is 10.9. The standard InChI is InChI=1S/C13H15N3O2/c1-8-4-3-5-9(2)10(8)6-16-7-11(14)12(15-16)13(17)18/h3-5,7H,6,14H2,1-2H3,(H,17,18). The lowest BCUT2D eigenvalue weighted by atomic mass is 10.0. The fraction of sp³-hybridized carbons (Fsp3) is 0.231. The summed E-state index contributed by atoms with van der Waals surface area (Å²) in [7, 11) is 0. The number of carbonyl (C=O) groups is 1. The van der Waals surface area contributed by atoms with Gasteiger partial charge in [0.2, 0.25) is 0 Å². The van der Waals surface area contributed by atoms with E-state index in [9.17, 15) is 4.79 Å². The molecule has 94 valence electrons. The Labute approximate surface area is 105 Å². The number of anilines is 1. The molecule has 0 amide bonds. The van der Waals surface area contributed by atoms with E-state index in [0.29, 0.717) is 6.54 Å². The van der Waals surface area contributed by atoms with Crippen LogP contribution in [0.2, 0.25) is 0 Å². The monoisotopic (exact) mass is 245 g/mol. The van der Waals surface area contributed by atoms with Crippen LogP contribution < -0.4 is 5.73 Å². The van der Waals surface area contributed by atoms with Gasteiger partial charge in [-0.15, -0.1) is 0 Å². The van der Waals surface area contributed by atoms with Crippen molar-refractivity contribution in [2.75, 3.05) is 5.73 Å². The molecule has 0 spiro atoms. The van der Waals surface area contributed by atoms with E-state index in [2.05, 4.69) is 5.10 Å². The minimum Gasteiger partial charge on any atom is -0.476 e. The third-order valence-corrected chi connectivity index (χ3v) is 2.96. The predicted molar refractivity (Wildman–Crippen MR) is 68.6 cm³/mol. The first-order chi connectivity index (χ1) is 8.49. The Kier molecular flexibility index (Phi) is 3.06. The Bertz CT molecular complexity index is 582. The van der Waals surface area contributed by atoms with Crippen LogP contribution in [0.3, 0.4) is 0 Å². The first-order valence-corrected chi connectivity index (χ1v) is 5.60. The van der Waals surface area contributed by atoms with Gasteiger partial charge in [0.1, 0.15) is 0 Å². The van der Waals surface area contributed by atoms with Crippen LogP contribution in [0.5, 0.6) is 0 Å². The van der Waals surface area contributed by atoms with Gasteiger partial charge >= 0.3 is 5.97 Å². The predicted octanol–water partition coefficient (Wildman–Crippen LogP) is 1.83. The lowest BCUT2D eigenvalue weighted by Crippen LogP contribution is -2.06. The average Bonchev–Trinajstić information content (AvgIpc) is 2.65. The summed E-state index contributed by atoms with van der Waals surface area (Å²) in [5, 5.41) is 12.9. The molecule has 0 atom stereocenters. The molecule has 0 aliphatic carbocycles. The molecular weight excluding hydrogens is 230 g/mol. The lowest BCUT2D eigenvalue weighted by molar-refractivity contribution is 0.0690. The molecule has 5 nitrogen and oxygen atoms in total. The van der Waals surface area contributed by atoms with E-state index in [1.807, 2.05) is 32.0 Å². The van der Waals surface area contributed by atoms with Crippen LogP contribution in [0, 0.1) is 13.8 Å². The molecule has 0 bridgehead atoms. The number of nitrogens with two attached hydrogens (primary N) is 1. The minimum atomic E-state index is -1.10. The van der Waals surface area contributed by atoms with Gasteiger partial charge in [-0.3, -0.25) is 4.68 Å². The number of nitrogen functional groups attached to an aromatic ring is 1. The van der Waals surface area contributed by atoms with Gasteiger partial charge in [-0.2, -0.15) is 5.10 Å². The number of rotatable bonds is 3. The van der Waals surface area contributed by atoms with Crippen molar-refractivity contribution in [3.8, 4) is 0 Å². The quantitative estimate of drug-likeness (QED) is 0.864. The van der Waals surface area contributed by atoms with Gasteiger partial charge in [0.05, 0.1) is 12.2 Å². The van der Waals surface area contributed by atoms with Gasteiger partial charge in [-0.05, 0) is 30.5 Å². The zero-order chi connectivity index (χ0) is 13.3. The number of hydrogen-bond acceptors (Lipinski definition) is 3. The van der Waals surface area contributed by atoms with Crippen LogP contribution in [0.1, 0.15) is 27.2 Å². The van der Waals surface area contributed by atoms with E-state index >= 15 is 0 Å². The highest BCUT2D eigenvalue weighted by Crippen LogP contribution is 2.16. The third kappa shape index (κ3) is 2.20. The first kappa shape index (κ1) is 12.2. The van der Waals surface area contributed by atoms with Crippen LogP contribution in [-0.4, -0.2) is 20.9 Å². The third-order valence-electron chi connectivity index (χ3n) is 2.96. The molecule has 1 aromatic carbocycles. The number of aryl methyl sites for hydroxylation is 2. The van der Waals surface area contributed by atoms with E-state index in [-0.39, 0.29) is 11.4 Å². The molecule has 2 rings (SSSR count). The Morgan fingerprint density at radius 1 is 1.39 bits per heavy atom. The maximum absolute atomic E-state index is 10.9. The number of nitrogens with zero attached hydrogens (tertiary/aromatic N) is 2. The molecular formula is C13H15N3O2. The summed E-state index contributed by atoms with van der Waals surface area (Å²) in [6.45, 7) is 4.57. The molecule has 1 heterocycles. The van der Waals surface area contributed by atoms with Gasteiger partial charge in [0.25, 0.3) is 0 Å². The Morgan fingerprint density at radius 2 is 2.00 bits per heavy atom. The molecule has 18 heavy (non-hydrogen) atoms. The van der Waals surface area contributed by atoms with E-state index in [4.69, 9.17) is 10.8 Å². The highest BCUT2D eigenvalue weighted by molar-refractivity contribution is 5.91. The number of carboxylic acid groups (broad SMARTS) is 1. The zero-order valence-electron chi connectivity index (χ0n) is 10.3. The fourth-order valence-corrected chi connectivity index (χ4v) is 1.94. The highest BCUT2D eigenvalue weighted by Gasteiger charge is 2.14. The summed E-state index contributed by atoms with van der Waals surface area (Å²) in [5.41, 5.74) is 9.14. The summed E-state index contributed by atoms with van der Waals surface area (Å²) >= 11 is 0. The van der Waals surface area contributed by atoms with Crippen molar-refractivity contribution in [1.82, 2.24) is 9.78 Å². The highest BCUT2D eigenvalue weighted by atomic mass is 16.4. The van der Waals surface area contributed by atoms with Gasteiger partial charge in [-0.25, -0.2) is 4.79 Å². The largest absolute Gasteiger partial charge is 0.476 e. The van der Waals surface area contributed by atoms with E-state index in [0.717, 1.165) is 16.7 Å². The van der Waals surface area contributed by atoms with Crippen LogP contribution in [-0.2, 0) is 6.54 Å². The molecule has 3 N–H and O–H groups in total. The number of aromatic carboxylic acids is 1. The van der Waals surface area contributed by atoms with E-state index < -0.39 is 5.97 Å². The van der Waals surface area contributed by atoms with Crippen molar-refractivity contribution >= 4 is 11.7 Å². The van der Waals surface area contributed by atoms with Crippen LogP contribution >= 0.6 is 0 Å². The zero-order valence-corrected chi connectivity index (χ0v) is 10.3. The molecule has 0 saturated carbocycles. The fourth-order valence-electron chi connectivity index (χ4n) is 1.94. The molecule has 0 saturated heterocycles. The maximum atomic E-state index is 10.9. The maximum Gasteiger partial charge on any atom is 0.358 e. The molecule has 2 aromatic rings. The van der Waals surface area contributed by atoms with Crippen LogP contribution in [0.15, 0.2) is 24.4 Å². The number of hydrogen-bond donors (Lipinski definition) is 2. The van der Waals surface area contributed by atoms with Crippen molar-refractivity contribution in [2.45, 2.75) is 20.4 Å². The van der Waals surface area contributed by atoms with Gasteiger partial charge < -0.3 is 10.8 Å². The van der Waals surface area contributed by atoms with Crippen LogP contribution in [0.4, 0.5) is 5.69 Å². The second-order valence-corrected chi connectivity index (χ2v) is 4.31.